The number of hydrogen-bond donors (Lipinski definition) is 2. The van der Waals surface area contributed by atoms with Gasteiger partial charge in [-0.1, -0.05) is 12.1 Å². The minimum atomic E-state index is -2.51. The number of hydrogen-bond acceptors (Lipinski definition) is 6. The number of pyridine rings is 1. The van der Waals surface area contributed by atoms with Crippen LogP contribution in [0, 0.1) is 12.8 Å². The minimum absolute atomic E-state index is 0.00322. The van der Waals surface area contributed by atoms with E-state index in [0.29, 0.717) is 29.3 Å². The molecule has 1 aromatic carbocycles. The Balaban J connectivity index is 1.62. The largest absolute Gasteiger partial charge is 0.358 e. The Morgan fingerprint density at radius 1 is 1.12 bits per heavy atom. The number of nitrogens with zero attached hydrogens (tertiary/aromatic N) is 3. The molecule has 1 saturated carbocycles. The molecule has 2 aliphatic rings. The van der Waals surface area contributed by atoms with Gasteiger partial charge in [0, 0.05) is 29.6 Å². The normalized spacial score (nSPS) is 18.9. The van der Waals surface area contributed by atoms with Crippen LogP contribution < -0.4 is 15.9 Å². The van der Waals surface area contributed by atoms with Gasteiger partial charge in [-0.05, 0) is 64.5 Å². The molecule has 1 amide bonds. The molecule has 33 heavy (non-hydrogen) atoms. The predicted octanol–water partition coefficient (Wildman–Crippen LogP) is 4.78. The molecule has 0 radical (unpaired) electrons. The molecule has 1 aliphatic carbocycles. The number of carbonyl (C=O) groups is 1. The van der Waals surface area contributed by atoms with Crippen molar-refractivity contribution in [1.29, 1.82) is 0 Å². The first-order valence-corrected chi connectivity index (χ1v) is 14.1. The third kappa shape index (κ3) is 4.55. The second-order valence-electron chi connectivity index (χ2n) is 9.33. The molecule has 2 aromatic heterocycles. The molecule has 1 saturated heterocycles. The zero-order valence-electron chi connectivity index (χ0n) is 19.3. The molecule has 1 atom stereocenters. The van der Waals surface area contributed by atoms with Crippen LogP contribution in [0.3, 0.4) is 0 Å². The molecule has 9 heteroatoms. The van der Waals surface area contributed by atoms with Crippen molar-refractivity contribution in [2.75, 3.05) is 30.6 Å². The fourth-order valence-corrected chi connectivity index (χ4v) is 5.53. The molecule has 0 bridgehead atoms. The van der Waals surface area contributed by atoms with Gasteiger partial charge in [-0.25, -0.2) is 9.97 Å². The number of imidazole rings is 1. The van der Waals surface area contributed by atoms with E-state index in [1.165, 1.54) is 0 Å². The maximum Gasteiger partial charge on any atom is 0.228 e. The number of nitrogens with one attached hydrogen (secondary N) is 2. The molecule has 174 valence electrons. The quantitative estimate of drug-likeness (QED) is 0.507. The Bertz CT molecular complexity index is 1250. The monoisotopic (exact) mass is 467 g/mol. The number of ether oxygens (including phenoxy) is 1. The fourth-order valence-electron chi connectivity index (χ4n) is 4.37. The van der Waals surface area contributed by atoms with E-state index in [-0.39, 0.29) is 18.1 Å². The van der Waals surface area contributed by atoms with Crippen LogP contribution in [-0.2, 0) is 14.1 Å². The molecule has 8 nitrogen and oxygen atoms in total. The minimum Gasteiger partial charge on any atom is -0.358 e. The van der Waals surface area contributed by atoms with E-state index in [1.54, 1.807) is 13.3 Å². The van der Waals surface area contributed by atoms with Crippen molar-refractivity contribution < 1.29 is 14.1 Å². The molecule has 1 aliphatic heterocycles. The van der Waals surface area contributed by atoms with Gasteiger partial charge < -0.3 is 19.9 Å². The number of para-hydroxylation sites is 1. The SMILES string of the molecule is Cc1nc2c(Nc3ccccc3P(C)(C)=O)cc(NC(=O)C3CC3)nc2n1C1CCCCO1. The van der Waals surface area contributed by atoms with Gasteiger partial charge in [0.25, 0.3) is 0 Å². The Hall–Kier alpha value is -2.70. The molecular weight excluding hydrogens is 437 g/mol. The molecule has 3 heterocycles. The second-order valence-corrected chi connectivity index (χ2v) is 12.5. The molecule has 0 spiro atoms. The van der Waals surface area contributed by atoms with E-state index in [4.69, 9.17) is 14.7 Å². The van der Waals surface area contributed by atoms with Crippen molar-refractivity contribution >= 4 is 46.7 Å². The van der Waals surface area contributed by atoms with Crippen LogP contribution in [0.25, 0.3) is 11.2 Å². The van der Waals surface area contributed by atoms with Gasteiger partial charge in [0.1, 0.15) is 30.5 Å². The van der Waals surface area contributed by atoms with Crippen molar-refractivity contribution in [3.05, 3.63) is 36.2 Å². The van der Waals surface area contributed by atoms with Gasteiger partial charge in [-0.2, -0.15) is 0 Å². The second kappa shape index (κ2) is 8.58. The first-order valence-electron chi connectivity index (χ1n) is 11.5. The van der Waals surface area contributed by atoms with E-state index in [9.17, 15) is 9.36 Å². The Morgan fingerprint density at radius 2 is 1.91 bits per heavy atom. The number of benzene rings is 1. The van der Waals surface area contributed by atoms with Crippen molar-refractivity contribution in [2.24, 2.45) is 5.92 Å². The molecule has 2 N–H and O–H groups in total. The summed E-state index contributed by atoms with van der Waals surface area (Å²) in [6.45, 7) is 6.18. The first kappa shape index (κ1) is 22.1. The summed E-state index contributed by atoms with van der Waals surface area (Å²) in [5.41, 5.74) is 2.84. The highest BCUT2D eigenvalue weighted by molar-refractivity contribution is 7.70. The highest BCUT2D eigenvalue weighted by atomic mass is 31.2. The van der Waals surface area contributed by atoms with E-state index >= 15 is 0 Å². The lowest BCUT2D eigenvalue weighted by atomic mass is 10.2. The number of carbonyl (C=O) groups excluding carboxylic acids is 1. The van der Waals surface area contributed by atoms with Crippen LogP contribution in [0.15, 0.2) is 30.3 Å². The summed E-state index contributed by atoms with van der Waals surface area (Å²) in [5.74, 6) is 1.35. The van der Waals surface area contributed by atoms with Crippen molar-refractivity contribution in [1.82, 2.24) is 14.5 Å². The van der Waals surface area contributed by atoms with E-state index in [0.717, 1.165) is 48.9 Å². The molecule has 1 unspecified atom stereocenters. The van der Waals surface area contributed by atoms with E-state index < -0.39 is 7.14 Å². The number of anilines is 3. The third-order valence-electron chi connectivity index (χ3n) is 6.22. The average molecular weight is 468 g/mol. The van der Waals surface area contributed by atoms with Gasteiger partial charge in [0.2, 0.25) is 5.91 Å². The van der Waals surface area contributed by atoms with Crippen LogP contribution in [0.2, 0.25) is 0 Å². The summed E-state index contributed by atoms with van der Waals surface area (Å²) in [6.07, 6.45) is 4.74. The number of amides is 1. The van der Waals surface area contributed by atoms with Crippen molar-refractivity contribution in [3.8, 4) is 0 Å². The van der Waals surface area contributed by atoms with Crippen LogP contribution in [-0.4, -0.2) is 40.4 Å². The van der Waals surface area contributed by atoms with E-state index in [2.05, 4.69) is 10.6 Å². The first-order chi connectivity index (χ1) is 15.8. The van der Waals surface area contributed by atoms with Gasteiger partial charge in [-0.15, -0.1) is 0 Å². The van der Waals surface area contributed by atoms with Crippen LogP contribution >= 0.6 is 7.14 Å². The Kier molecular flexibility index (Phi) is 5.75. The van der Waals surface area contributed by atoms with Gasteiger partial charge >= 0.3 is 0 Å². The number of aromatic nitrogens is 3. The summed E-state index contributed by atoms with van der Waals surface area (Å²) in [6, 6.07) is 9.42. The number of aryl methyl sites for hydroxylation is 1. The van der Waals surface area contributed by atoms with Crippen molar-refractivity contribution in [2.45, 2.75) is 45.3 Å². The zero-order valence-corrected chi connectivity index (χ0v) is 20.2. The smallest absolute Gasteiger partial charge is 0.228 e. The lowest BCUT2D eigenvalue weighted by Crippen LogP contribution is -2.20. The summed E-state index contributed by atoms with van der Waals surface area (Å²) in [7, 11) is -2.51. The van der Waals surface area contributed by atoms with E-state index in [1.807, 2.05) is 41.8 Å². The predicted molar refractivity (Wildman–Crippen MR) is 131 cm³/mol. The summed E-state index contributed by atoms with van der Waals surface area (Å²) in [4.78, 5) is 22.1. The van der Waals surface area contributed by atoms with Crippen LogP contribution in [0.4, 0.5) is 17.2 Å². The Morgan fingerprint density at radius 3 is 2.61 bits per heavy atom. The van der Waals surface area contributed by atoms with Gasteiger partial charge in [0.05, 0.1) is 5.69 Å². The van der Waals surface area contributed by atoms with Gasteiger partial charge in [0.15, 0.2) is 5.65 Å². The highest BCUT2D eigenvalue weighted by Gasteiger charge is 2.30. The molecular formula is C24H30N5O3P. The van der Waals surface area contributed by atoms with Crippen molar-refractivity contribution in [3.63, 3.8) is 0 Å². The molecule has 5 rings (SSSR count). The lowest BCUT2D eigenvalue weighted by molar-refractivity contribution is -0.117. The third-order valence-corrected chi connectivity index (χ3v) is 7.77. The highest BCUT2D eigenvalue weighted by Crippen LogP contribution is 2.40. The van der Waals surface area contributed by atoms with Gasteiger partial charge in [-0.3, -0.25) is 9.36 Å². The summed E-state index contributed by atoms with van der Waals surface area (Å²) >= 11 is 0. The Labute approximate surface area is 193 Å². The summed E-state index contributed by atoms with van der Waals surface area (Å²) in [5, 5.41) is 7.19. The van der Waals surface area contributed by atoms with Crippen LogP contribution in [0.5, 0.6) is 0 Å². The average Bonchev–Trinajstić information content (AvgIpc) is 3.57. The number of rotatable bonds is 6. The number of fused-ring (bicyclic) bond motifs is 1. The fraction of sp³-hybridized carbons (Fsp3) is 0.458. The maximum atomic E-state index is 12.9. The topological polar surface area (TPSA) is 98.1 Å². The maximum absolute atomic E-state index is 12.9. The zero-order chi connectivity index (χ0) is 23.2. The lowest BCUT2D eigenvalue weighted by Gasteiger charge is -2.25. The summed E-state index contributed by atoms with van der Waals surface area (Å²) < 4.78 is 21.0. The molecule has 3 aromatic rings. The van der Waals surface area contributed by atoms with Crippen LogP contribution in [0.1, 0.15) is 44.2 Å². The standard InChI is InChI=1S/C24H30N5O3P/c1-15-25-22-18(26-17-8-4-5-9-19(17)33(2,3)31)14-20(28-24(30)16-11-12-16)27-23(22)29(15)21-10-6-7-13-32-21/h4-5,8-9,14,16,21H,6-7,10-13H2,1-3H3,(H2,26,27,28,30). The molecule has 2 fully saturated rings.